The second-order valence-electron chi connectivity index (χ2n) is 4.67. The van der Waals surface area contributed by atoms with Crippen molar-refractivity contribution in [2.75, 3.05) is 10.7 Å². The van der Waals surface area contributed by atoms with Crippen molar-refractivity contribution in [2.45, 2.75) is 19.4 Å². The fourth-order valence-electron chi connectivity index (χ4n) is 1.59. The van der Waals surface area contributed by atoms with Gasteiger partial charge in [0.15, 0.2) is 0 Å². The molecular weight excluding hydrogens is 244 g/mol. The van der Waals surface area contributed by atoms with Crippen molar-refractivity contribution in [1.82, 2.24) is 9.97 Å². The van der Waals surface area contributed by atoms with Gasteiger partial charge in [-0.05, 0) is 26.0 Å². The second kappa shape index (κ2) is 4.69. The number of benzene rings is 1. The van der Waals surface area contributed by atoms with Crippen LogP contribution in [0.15, 0.2) is 24.3 Å². The molecule has 0 atom stereocenters. The molecule has 2 aromatic rings. The lowest BCUT2D eigenvalue weighted by Gasteiger charge is -2.23. The van der Waals surface area contributed by atoms with Crippen LogP contribution in [0.5, 0.6) is 0 Å². The Kier molecular flexibility index (Phi) is 3.22. The van der Waals surface area contributed by atoms with Crippen LogP contribution >= 0.6 is 0 Å². The van der Waals surface area contributed by atoms with Gasteiger partial charge in [0.25, 0.3) is 0 Å². The van der Waals surface area contributed by atoms with Crippen molar-refractivity contribution >= 4 is 28.6 Å². The Morgan fingerprint density at radius 1 is 1.26 bits per heavy atom. The monoisotopic (exact) mass is 260 g/mol. The molecule has 100 valence electrons. The van der Waals surface area contributed by atoms with Crippen LogP contribution in [0.3, 0.4) is 0 Å². The SMILES string of the molecule is CC(C)(Nc1nc(NN)nc2ccccc12)C(N)=O. The van der Waals surface area contributed by atoms with Crippen LogP contribution in [0, 0.1) is 0 Å². The zero-order chi connectivity index (χ0) is 14.0. The number of para-hydroxylation sites is 1. The van der Waals surface area contributed by atoms with E-state index in [0.29, 0.717) is 11.3 Å². The van der Waals surface area contributed by atoms with Crippen molar-refractivity contribution in [3.8, 4) is 0 Å². The average Bonchev–Trinajstić information content (AvgIpc) is 2.38. The second-order valence-corrected chi connectivity index (χ2v) is 4.67. The van der Waals surface area contributed by atoms with E-state index in [1.807, 2.05) is 24.3 Å². The number of nitrogens with two attached hydrogens (primary N) is 2. The number of nitrogens with one attached hydrogen (secondary N) is 2. The van der Waals surface area contributed by atoms with Crippen molar-refractivity contribution in [1.29, 1.82) is 0 Å². The molecule has 7 heteroatoms. The number of hydrogen-bond acceptors (Lipinski definition) is 6. The lowest BCUT2D eigenvalue weighted by Crippen LogP contribution is -2.45. The zero-order valence-corrected chi connectivity index (χ0v) is 10.8. The molecule has 1 aromatic carbocycles. The summed E-state index contributed by atoms with van der Waals surface area (Å²) in [5.74, 6) is 5.63. The van der Waals surface area contributed by atoms with Crippen LogP contribution in [0.2, 0.25) is 0 Å². The molecule has 19 heavy (non-hydrogen) atoms. The minimum Gasteiger partial charge on any atom is -0.368 e. The predicted octanol–water partition coefficient (Wildman–Crippen LogP) is 0.591. The molecule has 0 aliphatic rings. The van der Waals surface area contributed by atoms with Gasteiger partial charge in [0.05, 0.1) is 5.52 Å². The summed E-state index contributed by atoms with van der Waals surface area (Å²) >= 11 is 0. The topological polar surface area (TPSA) is 119 Å². The fraction of sp³-hybridized carbons (Fsp3) is 0.250. The number of nitrogen functional groups attached to an aromatic ring is 1. The van der Waals surface area contributed by atoms with Crippen molar-refractivity contribution in [3.05, 3.63) is 24.3 Å². The number of aromatic nitrogens is 2. The first-order valence-electron chi connectivity index (χ1n) is 5.75. The van der Waals surface area contributed by atoms with E-state index < -0.39 is 11.4 Å². The third-order valence-corrected chi connectivity index (χ3v) is 2.78. The van der Waals surface area contributed by atoms with Crippen LogP contribution in [0.4, 0.5) is 11.8 Å². The highest BCUT2D eigenvalue weighted by Crippen LogP contribution is 2.24. The number of amides is 1. The summed E-state index contributed by atoms with van der Waals surface area (Å²) in [5, 5.41) is 3.80. The van der Waals surface area contributed by atoms with Crippen LogP contribution < -0.4 is 22.3 Å². The van der Waals surface area contributed by atoms with E-state index in [1.54, 1.807) is 13.8 Å². The van der Waals surface area contributed by atoms with Gasteiger partial charge in [-0.1, -0.05) is 12.1 Å². The summed E-state index contributed by atoms with van der Waals surface area (Å²) < 4.78 is 0. The summed E-state index contributed by atoms with van der Waals surface area (Å²) in [6, 6.07) is 7.41. The van der Waals surface area contributed by atoms with E-state index in [9.17, 15) is 4.79 Å². The van der Waals surface area contributed by atoms with Crippen LogP contribution in [-0.2, 0) is 4.79 Å². The largest absolute Gasteiger partial charge is 0.368 e. The van der Waals surface area contributed by atoms with Gasteiger partial charge >= 0.3 is 0 Å². The van der Waals surface area contributed by atoms with Gasteiger partial charge in [0.2, 0.25) is 11.9 Å². The van der Waals surface area contributed by atoms with Gasteiger partial charge in [-0.2, -0.15) is 4.98 Å². The first-order valence-corrected chi connectivity index (χ1v) is 5.75. The standard InChI is InChI=1S/C12H16N6O/c1-12(2,10(13)19)17-9-7-5-3-4-6-8(7)15-11(16-9)18-14/h3-6H,14H2,1-2H3,(H2,13,19)(H2,15,16,17,18). The molecular formula is C12H16N6O. The molecule has 0 radical (unpaired) electrons. The summed E-state index contributed by atoms with van der Waals surface area (Å²) in [4.78, 5) is 19.8. The number of carbonyl (C=O) groups is 1. The maximum atomic E-state index is 11.4. The number of hydrogen-bond donors (Lipinski definition) is 4. The predicted molar refractivity (Wildman–Crippen MR) is 74.2 cm³/mol. The summed E-state index contributed by atoms with van der Waals surface area (Å²) in [6.07, 6.45) is 0. The molecule has 6 N–H and O–H groups in total. The fourth-order valence-corrected chi connectivity index (χ4v) is 1.59. The Balaban J connectivity index is 2.55. The van der Waals surface area contributed by atoms with Gasteiger partial charge < -0.3 is 11.1 Å². The highest BCUT2D eigenvalue weighted by Gasteiger charge is 2.26. The van der Waals surface area contributed by atoms with Gasteiger partial charge in [-0.25, -0.2) is 10.8 Å². The molecule has 1 aromatic heterocycles. The molecule has 0 aliphatic heterocycles. The van der Waals surface area contributed by atoms with Gasteiger partial charge in [0, 0.05) is 5.39 Å². The molecule has 0 bridgehead atoms. The number of anilines is 2. The highest BCUT2D eigenvalue weighted by molar-refractivity contribution is 5.94. The summed E-state index contributed by atoms with van der Waals surface area (Å²) in [5.41, 5.74) is 7.53. The Labute approximate surface area is 110 Å². The molecule has 0 fully saturated rings. The van der Waals surface area contributed by atoms with Gasteiger partial charge in [0.1, 0.15) is 11.4 Å². The van der Waals surface area contributed by atoms with Crippen LogP contribution in [0.25, 0.3) is 10.9 Å². The minimum atomic E-state index is -0.928. The number of rotatable bonds is 4. The number of carbonyl (C=O) groups excluding carboxylic acids is 1. The Morgan fingerprint density at radius 2 is 1.95 bits per heavy atom. The molecule has 7 nitrogen and oxygen atoms in total. The molecule has 0 saturated carbocycles. The van der Waals surface area contributed by atoms with Crippen LogP contribution in [-0.4, -0.2) is 21.4 Å². The number of hydrazine groups is 1. The normalized spacial score (nSPS) is 11.3. The molecule has 2 rings (SSSR count). The maximum Gasteiger partial charge on any atom is 0.242 e. The smallest absolute Gasteiger partial charge is 0.242 e. The third kappa shape index (κ3) is 2.55. The minimum absolute atomic E-state index is 0.265. The Hall–Kier alpha value is -2.41. The molecule has 1 heterocycles. The van der Waals surface area contributed by atoms with E-state index in [0.717, 1.165) is 5.39 Å². The highest BCUT2D eigenvalue weighted by atomic mass is 16.1. The molecule has 0 unspecified atom stereocenters. The van der Waals surface area contributed by atoms with E-state index >= 15 is 0 Å². The van der Waals surface area contributed by atoms with E-state index in [-0.39, 0.29) is 5.95 Å². The number of fused-ring (bicyclic) bond motifs is 1. The van der Waals surface area contributed by atoms with Crippen molar-refractivity contribution < 1.29 is 4.79 Å². The molecule has 0 aliphatic carbocycles. The quantitative estimate of drug-likeness (QED) is 0.472. The number of primary amides is 1. The summed E-state index contributed by atoms with van der Waals surface area (Å²) in [6.45, 7) is 3.36. The Bertz CT molecular complexity index is 625. The molecule has 1 amide bonds. The maximum absolute atomic E-state index is 11.4. The lowest BCUT2D eigenvalue weighted by molar-refractivity contribution is -0.121. The molecule has 0 saturated heterocycles. The lowest BCUT2D eigenvalue weighted by atomic mass is 10.0. The van der Waals surface area contributed by atoms with Gasteiger partial charge in [-0.15, -0.1) is 0 Å². The third-order valence-electron chi connectivity index (χ3n) is 2.78. The first kappa shape index (κ1) is 13.0. The zero-order valence-electron chi connectivity index (χ0n) is 10.8. The van der Waals surface area contributed by atoms with Crippen molar-refractivity contribution in [3.63, 3.8) is 0 Å². The first-order chi connectivity index (χ1) is 8.94. The average molecular weight is 260 g/mol. The van der Waals surface area contributed by atoms with E-state index in [2.05, 4.69) is 20.7 Å². The molecule has 0 spiro atoms. The van der Waals surface area contributed by atoms with Crippen molar-refractivity contribution in [2.24, 2.45) is 11.6 Å². The van der Waals surface area contributed by atoms with E-state index in [1.165, 1.54) is 0 Å². The van der Waals surface area contributed by atoms with E-state index in [4.69, 9.17) is 11.6 Å². The van der Waals surface area contributed by atoms with Gasteiger partial charge in [-0.3, -0.25) is 10.2 Å². The van der Waals surface area contributed by atoms with Crippen LogP contribution in [0.1, 0.15) is 13.8 Å². The summed E-state index contributed by atoms with van der Waals surface area (Å²) in [7, 11) is 0. The number of nitrogens with zero attached hydrogens (tertiary/aromatic N) is 2. The Morgan fingerprint density at radius 3 is 2.58 bits per heavy atom.